The first kappa shape index (κ1) is 20.0. The highest BCUT2D eigenvalue weighted by atomic mass is 32.2. The summed E-state index contributed by atoms with van der Waals surface area (Å²) in [7, 11) is -3.55. The van der Waals surface area contributed by atoms with E-state index in [0.29, 0.717) is 18.8 Å². The van der Waals surface area contributed by atoms with Gasteiger partial charge in [-0.15, -0.1) is 0 Å². The predicted molar refractivity (Wildman–Crippen MR) is 110 cm³/mol. The Labute approximate surface area is 164 Å². The second-order valence-corrected chi connectivity index (χ2v) is 9.68. The van der Waals surface area contributed by atoms with Crippen LogP contribution in [0.5, 0.6) is 0 Å². The molecule has 0 spiro atoms. The molecule has 0 bridgehead atoms. The van der Waals surface area contributed by atoms with E-state index in [9.17, 15) is 13.2 Å². The summed E-state index contributed by atoms with van der Waals surface area (Å²) in [5.41, 5.74) is 2.16. The number of benzene rings is 1. The maximum Gasteiger partial charge on any atom is 0.272 e. The van der Waals surface area contributed by atoms with Crippen molar-refractivity contribution >= 4 is 33.4 Å². The van der Waals surface area contributed by atoms with Crippen LogP contribution in [0.15, 0.2) is 41.4 Å². The Balaban J connectivity index is 1.66. The molecular weight excluding hydrogens is 382 g/mol. The third-order valence-electron chi connectivity index (χ3n) is 4.54. The molecule has 1 aliphatic heterocycles. The van der Waals surface area contributed by atoms with Gasteiger partial charge in [0.05, 0.1) is 0 Å². The molecule has 3 rings (SSSR count). The van der Waals surface area contributed by atoms with Crippen LogP contribution in [0.1, 0.15) is 35.8 Å². The van der Waals surface area contributed by atoms with E-state index in [0.717, 1.165) is 30.8 Å². The molecule has 6 nitrogen and oxygen atoms in total. The van der Waals surface area contributed by atoms with Gasteiger partial charge < -0.3 is 10.3 Å². The van der Waals surface area contributed by atoms with Crippen molar-refractivity contribution in [3.05, 3.63) is 47.8 Å². The van der Waals surface area contributed by atoms with Gasteiger partial charge in [-0.1, -0.05) is 25.5 Å². The van der Waals surface area contributed by atoms with Crippen LogP contribution in [0.4, 0.5) is 5.69 Å². The lowest BCUT2D eigenvalue weighted by Crippen LogP contribution is -2.37. The lowest BCUT2D eigenvalue weighted by Gasteiger charge is -2.24. The Kier molecular flexibility index (Phi) is 6.62. The summed E-state index contributed by atoms with van der Waals surface area (Å²) in [5.74, 6) is 1.24. The van der Waals surface area contributed by atoms with Crippen LogP contribution in [0.2, 0.25) is 0 Å². The average Bonchev–Trinajstić information content (AvgIpc) is 3.19. The van der Waals surface area contributed by atoms with E-state index in [4.69, 9.17) is 0 Å². The highest BCUT2D eigenvalue weighted by Gasteiger charge is 2.27. The van der Waals surface area contributed by atoms with E-state index in [2.05, 4.69) is 17.2 Å². The molecule has 1 fully saturated rings. The first-order valence-electron chi connectivity index (χ1n) is 9.17. The summed E-state index contributed by atoms with van der Waals surface area (Å²) in [6, 6.07) is 9.15. The van der Waals surface area contributed by atoms with Crippen LogP contribution in [0, 0.1) is 0 Å². The average molecular weight is 408 g/mol. The second-order valence-electron chi connectivity index (χ2n) is 6.52. The van der Waals surface area contributed by atoms with Crippen LogP contribution in [0.3, 0.4) is 0 Å². The molecular formula is C19H25N3O3S2. The molecule has 1 saturated heterocycles. The van der Waals surface area contributed by atoms with Gasteiger partial charge >= 0.3 is 0 Å². The normalized spacial score (nSPS) is 15.6. The third kappa shape index (κ3) is 4.94. The van der Waals surface area contributed by atoms with Crippen molar-refractivity contribution in [3.8, 4) is 0 Å². The van der Waals surface area contributed by atoms with Crippen LogP contribution in [-0.2, 0) is 16.4 Å². The molecule has 0 aliphatic carbocycles. The van der Waals surface area contributed by atoms with Gasteiger partial charge in [0.15, 0.2) is 0 Å². The Bertz CT molecular complexity index is 870. The Morgan fingerprint density at radius 2 is 1.93 bits per heavy atom. The van der Waals surface area contributed by atoms with Gasteiger partial charge in [0.25, 0.3) is 5.91 Å². The van der Waals surface area contributed by atoms with Crippen molar-refractivity contribution in [2.45, 2.75) is 31.1 Å². The summed E-state index contributed by atoms with van der Waals surface area (Å²) in [6.45, 7) is 3.16. The highest BCUT2D eigenvalue weighted by Crippen LogP contribution is 2.21. The lowest BCUT2D eigenvalue weighted by atomic mass is 10.1. The zero-order chi connectivity index (χ0) is 19.3. The molecule has 1 aromatic heterocycles. The zero-order valence-corrected chi connectivity index (χ0v) is 17.0. The fourth-order valence-corrected chi connectivity index (χ4v) is 5.49. The van der Waals surface area contributed by atoms with E-state index in [1.165, 1.54) is 22.1 Å². The molecule has 0 unspecified atom stereocenters. The maximum atomic E-state index is 12.7. The molecule has 0 saturated carbocycles. The number of amides is 1. The Hall–Kier alpha value is -1.77. The van der Waals surface area contributed by atoms with Gasteiger partial charge in [0.1, 0.15) is 10.6 Å². The van der Waals surface area contributed by atoms with Crippen LogP contribution in [0.25, 0.3) is 0 Å². The fraction of sp³-hybridized carbons (Fsp3) is 0.421. The van der Waals surface area contributed by atoms with Crippen LogP contribution in [-0.4, -0.2) is 48.2 Å². The van der Waals surface area contributed by atoms with Gasteiger partial charge in [-0.25, -0.2) is 8.42 Å². The number of nitrogens with zero attached hydrogens (tertiary/aromatic N) is 1. The molecule has 1 aromatic carbocycles. The molecule has 27 heavy (non-hydrogen) atoms. The zero-order valence-electron chi connectivity index (χ0n) is 15.4. The third-order valence-corrected chi connectivity index (χ3v) is 7.36. The van der Waals surface area contributed by atoms with Crippen molar-refractivity contribution in [2.24, 2.45) is 0 Å². The van der Waals surface area contributed by atoms with Gasteiger partial charge in [-0.2, -0.15) is 16.1 Å². The topological polar surface area (TPSA) is 82.3 Å². The molecule has 0 radical (unpaired) electrons. The monoisotopic (exact) mass is 407 g/mol. The largest absolute Gasteiger partial charge is 0.356 e. The number of thioether (sulfide) groups is 1. The summed E-state index contributed by atoms with van der Waals surface area (Å²) < 4.78 is 26.8. The number of carbonyl (C=O) groups is 1. The number of hydrogen-bond acceptors (Lipinski definition) is 4. The molecule has 146 valence electrons. The van der Waals surface area contributed by atoms with Crippen molar-refractivity contribution in [3.63, 3.8) is 0 Å². The van der Waals surface area contributed by atoms with Crippen molar-refractivity contribution in [1.82, 2.24) is 9.29 Å². The number of anilines is 1. The molecule has 2 aromatic rings. The van der Waals surface area contributed by atoms with Crippen molar-refractivity contribution < 1.29 is 13.2 Å². The first-order chi connectivity index (χ1) is 13.0. The lowest BCUT2D eigenvalue weighted by molar-refractivity contribution is 0.102. The smallest absolute Gasteiger partial charge is 0.272 e. The van der Waals surface area contributed by atoms with Gasteiger partial charge in [-0.3, -0.25) is 4.79 Å². The first-order valence-corrected chi connectivity index (χ1v) is 11.8. The van der Waals surface area contributed by atoms with E-state index in [-0.39, 0.29) is 16.5 Å². The van der Waals surface area contributed by atoms with E-state index < -0.39 is 10.0 Å². The number of sulfonamides is 1. The standard InChI is InChI=1S/C19H25N3O3S2/c1-2-3-4-15-5-7-16(8-6-15)21-19(23)18-13-17(14-20-18)27(24,25)22-9-11-26-12-10-22/h5-8,13-14,20H,2-4,9-12H2,1H3,(H,21,23). The molecule has 2 heterocycles. The van der Waals surface area contributed by atoms with Crippen LogP contribution < -0.4 is 5.32 Å². The minimum atomic E-state index is -3.55. The van der Waals surface area contributed by atoms with Crippen molar-refractivity contribution in [1.29, 1.82) is 0 Å². The molecule has 8 heteroatoms. The van der Waals surface area contributed by atoms with E-state index >= 15 is 0 Å². The number of H-pyrrole nitrogens is 1. The number of carbonyl (C=O) groups excluding carboxylic acids is 1. The number of aryl methyl sites for hydroxylation is 1. The van der Waals surface area contributed by atoms with Gasteiger partial charge in [0.2, 0.25) is 10.0 Å². The highest BCUT2D eigenvalue weighted by molar-refractivity contribution is 7.99. The summed E-state index contributed by atoms with van der Waals surface area (Å²) in [5, 5.41) is 2.80. The van der Waals surface area contributed by atoms with Crippen LogP contribution >= 0.6 is 11.8 Å². The minimum absolute atomic E-state index is 0.134. The van der Waals surface area contributed by atoms with Gasteiger partial charge in [-0.05, 0) is 36.6 Å². The van der Waals surface area contributed by atoms with E-state index in [1.54, 1.807) is 11.8 Å². The fourth-order valence-electron chi connectivity index (χ4n) is 2.92. The predicted octanol–water partition coefficient (Wildman–Crippen LogP) is 3.35. The Morgan fingerprint density at radius 1 is 1.22 bits per heavy atom. The molecule has 2 N–H and O–H groups in total. The quantitative estimate of drug-likeness (QED) is 0.737. The Morgan fingerprint density at radius 3 is 2.59 bits per heavy atom. The summed E-state index contributed by atoms with van der Waals surface area (Å²) in [6.07, 6.45) is 4.70. The van der Waals surface area contributed by atoms with E-state index in [1.807, 2.05) is 24.3 Å². The molecule has 1 aliphatic rings. The number of hydrogen-bond donors (Lipinski definition) is 2. The minimum Gasteiger partial charge on any atom is -0.356 e. The molecule has 1 amide bonds. The second kappa shape index (κ2) is 8.95. The summed E-state index contributed by atoms with van der Waals surface area (Å²) in [4.78, 5) is 15.4. The maximum absolute atomic E-state index is 12.7. The SMILES string of the molecule is CCCCc1ccc(NC(=O)c2cc(S(=O)(=O)N3CCSCC3)c[nH]2)cc1. The molecule has 0 atom stereocenters. The number of nitrogens with one attached hydrogen (secondary N) is 2. The van der Waals surface area contributed by atoms with Gasteiger partial charge in [0, 0.05) is 36.5 Å². The summed E-state index contributed by atoms with van der Waals surface area (Å²) >= 11 is 1.75. The number of aromatic amines is 1. The number of aromatic nitrogens is 1. The van der Waals surface area contributed by atoms with Crippen molar-refractivity contribution in [2.75, 3.05) is 29.9 Å². The number of rotatable bonds is 7. The number of unbranched alkanes of at least 4 members (excludes halogenated alkanes) is 1.